The lowest BCUT2D eigenvalue weighted by Crippen LogP contribution is -2.43. The van der Waals surface area contributed by atoms with Crippen LogP contribution in [-0.4, -0.2) is 48.8 Å². The van der Waals surface area contributed by atoms with Gasteiger partial charge < -0.3 is 9.47 Å². The Hall–Kier alpha value is -1.63. The van der Waals surface area contributed by atoms with Gasteiger partial charge in [-0.25, -0.2) is 8.42 Å². The first-order valence-corrected chi connectivity index (χ1v) is 10.9. The number of nitrogens with zero attached hydrogens (tertiary/aromatic N) is 3. The summed E-state index contributed by atoms with van der Waals surface area (Å²) in [5, 5.41) is 0.305. The van der Waals surface area contributed by atoms with Gasteiger partial charge in [0.1, 0.15) is 18.2 Å². The van der Waals surface area contributed by atoms with E-state index in [0.717, 1.165) is 4.31 Å². The number of methoxy groups -OCH3 is 2. The van der Waals surface area contributed by atoms with Gasteiger partial charge in [0.05, 0.1) is 19.1 Å². The fourth-order valence-electron chi connectivity index (χ4n) is 2.75. The number of benzene rings is 2. The predicted octanol–water partition coefficient (Wildman–Crippen LogP) is 3.82. The Morgan fingerprint density at radius 3 is 2.55 bits per heavy atom. The van der Waals surface area contributed by atoms with E-state index in [2.05, 4.69) is 0 Å². The number of hydrogen-bond donors (Lipinski definition) is 0. The monoisotopic (exact) mass is 465 g/mol. The van der Waals surface area contributed by atoms with Crippen LogP contribution in [0.3, 0.4) is 0 Å². The van der Waals surface area contributed by atoms with E-state index in [-0.39, 0.29) is 26.1 Å². The van der Waals surface area contributed by atoms with Crippen molar-refractivity contribution in [3.8, 4) is 11.5 Å². The quantitative estimate of drug-likeness (QED) is 0.455. The van der Waals surface area contributed by atoms with E-state index in [0.29, 0.717) is 29.0 Å². The smallest absolute Gasteiger partial charge is 0.245 e. The molecule has 29 heavy (non-hydrogen) atoms. The van der Waals surface area contributed by atoms with Crippen molar-refractivity contribution in [1.29, 1.82) is 0 Å². The van der Waals surface area contributed by atoms with Crippen molar-refractivity contribution in [2.24, 2.45) is 0 Å². The maximum Gasteiger partial charge on any atom is 0.245 e. The third-order valence-electron chi connectivity index (χ3n) is 4.16. The summed E-state index contributed by atoms with van der Waals surface area (Å²) in [6.07, 6.45) is 0. The molecule has 158 valence electrons. The Morgan fingerprint density at radius 1 is 1.21 bits per heavy atom. The molecule has 0 aromatic heterocycles. The minimum atomic E-state index is -4.24. The molecule has 12 heteroatoms. The fourth-order valence-corrected chi connectivity index (χ4v) is 5.64. The summed E-state index contributed by atoms with van der Waals surface area (Å²) in [5.41, 5.74) is -0.999. The summed E-state index contributed by atoms with van der Waals surface area (Å²) in [5.74, 6) is 0.855. The van der Waals surface area contributed by atoms with Crippen LogP contribution in [0, 0.1) is 0 Å². The zero-order chi connectivity index (χ0) is 21.2. The van der Waals surface area contributed by atoms with E-state index < -0.39 is 22.2 Å². The molecule has 1 atom stereocenters. The van der Waals surface area contributed by atoms with Crippen molar-refractivity contribution in [3.63, 3.8) is 0 Å². The second-order valence-electron chi connectivity index (χ2n) is 5.98. The number of halogens is 3. The molecule has 1 fully saturated rings. The van der Waals surface area contributed by atoms with Crippen molar-refractivity contribution in [2.75, 3.05) is 20.9 Å². The summed E-state index contributed by atoms with van der Waals surface area (Å²) in [4.78, 5) is -0.135. The topological polar surface area (TPSA) is 62.3 Å². The molecule has 0 radical (unpaired) electrons. The normalized spacial score (nSPS) is 18.3. The molecule has 3 rings (SSSR count). The van der Waals surface area contributed by atoms with Crippen LogP contribution in [0.5, 0.6) is 11.5 Å². The van der Waals surface area contributed by atoms with Crippen LogP contribution in [0.25, 0.3) is 0 Å². The Morgan fingerprint density at radius 2 is 1.97 bits per heavy atom. The molecule has 0 aliphatic carbocycles. The minimum Gasteiger partial charge on any atom is -0.497 e. The van der Waals surface area contributed by atoms with Crippen LogP contribution in [0.2, 0.25) is 5.02 Å². The molecular formula is C17H18ClF2N3O4S2. The van der Waals surface area contributed by atoms with Gasteiger partial charge in [-0.05, 0) is 36.2 Å². The van der Waals surface area contributed by atoms with Crippen LogP contribution < -0.4 is 9.47 Å². The Balaban J connectivity index is 2.05. The molecule has 0 N–H and O–H groups in total. The van der Waals surface area contributed by atoms with Gasteiger partial charge >= 0.3 is 0 Å². The Bertz CT molecular complexity index is 983. The summed E-state index contributed by atoms with van der Waals surface area (Å²) < 4.78 is 66.1. The third kappa shape index (κ3) is 4.76. The SMILES string of the molecule is COc1ccc(CN(C2SN(F)CN2F)S(=O)(=O)c2cccc(Cl)c2)c(OC)c1. The first-order valence-electron chi connectivity index (χ1n) is 8.27. The highest BCUT2D eigenvalue weighted by Gasteiger charge is 2.43. The second-order valence-corrected chi connectivity index (χ2v) is 9.33. The van der Waals surface area contributed by atoms with Gasteiger partial charge in [-0.1, -0.05) is 33.4 Å². The van der Waals surface area contributed by atoms with Crippen LogP contribution >= 0.6 is 23.5 Å². The standard InChI is InChI=1S/C17H18ClF2N3O4S2/c1-26-14-7-6-12(16(9-14)27-2)10-22(17-21(19)11-23(20)28-17)29(24,25)15-5-3-4-13(18)8-15/h3-9,17H,10-11H2,1-2H3. The molecule has 2 aromatic carbocycles. The number of sulfonamides is 1. The molecule has 1 aliphatic heterocycles. The van der Waals surface area contributed by atoms with Crippen molar-refractivity contribution in [3.05, 3.63) is 53.1 Å². The van der Waals surface area contributed by atoms with Gasteiger partial charge in [-0.15, -0.1) is 8.96 Å². The summed E-state index contributed by atoms with van der Waals surface area (Å²) in [6.45, 7) is -0.968. The van der Waals surface area contributed by atoms with Gasteiger partial charge in [-0.3, -0.25) is 0 Å². The van der Waals surface area contributed by atoms with E-state index >= 15 is 0 Å². The number of hydrogen-bond acceptors (Lipinski definition) is 7. The van der Waals surface area contributed by atoms with Crippen LogP contribution in [0.15, 0.2) is 47.4 Å². The fraction of sp³-hybridized carbons (Fsp3) is 0.294. The second kappa shape index (κ2) is 9.02. The Labute approximate surface area is 176 Å². The summed E-state index contributed by atoms with van der Waals surface area (Å²) in [6, 6.07) is 10.4. The summed E-state index contributed by atoms with van der Waals surface area (Å²) >= 11 is 6.35. The van der Waals surface area contributed by atoms with Gasteiger partial charge in [0.2, 0.25) is 10.0 Å². The molecule has 0 saturated carbocycles. The van der Waals surface area contributed by atoms with Crippen LogP contribution in [-0.2, 0) is 16.6 Å². The molecule has 1 unspecified atom stereocenters. The first kappa shape index (κ1) is 22.1. The molecule has 7 nitrogen and oxygen atoms in total. The van der Waals surface area contributed by atoms with Crippen molar-refractivity contribution in [2.45, 2.75) is 16.9 Å². The van der Waals surface area contributed by atoms with Crippen LogP contribution in [0.4, 0.5) is 8.96 Å². The highest BCUT2D eigenvalue weighted by molar-refractivity contribution is 7.98. The highest BCUT2D eigenvalue weighted by atomic mass is 35.5. The van der Waals surface area contributed by atoms with Crippen LogP contribution in [0.1, 0.15) is 5.56 Å². The highest BCUT2D eigenvalue weighted by Crippen LogP contribution is 2.38. The van der Waals surface area contributed by atoms with Gasteiger partial charge in [0, 0.05) is 23.2 Å². The van der Waals surface area contributed by atoms with Gasteiger partial charge in [-0.2, -0.15) is 4.31 Å². The third-order valence-corrected chi connectivity index (χ3v) is 7.34. The molecule has 1 heterocycles. The largest absolute Gasteiger partial charge is 0.497 e. The molecular weight excluding hydrogens is 448 g/mol. The molecule has 1 aliphatic rings. The zero-order valence-corrected chi connectivity index (χ0v) is 17.8. The lowest BCUT2D eigenvalue weighted by molar-refractivity contribution is -0.0572. The van der Waals surface area contributed by atoms with Crippen molar-refractivity contribution >= 4 is 33.6 Å². The van der Waals surface area contributed by atoms with Crippen molar-refractivity contribution < 1.29 is 26.9 Å². The summed E-state index contributed by atoms with van der Waals surface area (Å²) in [7, 11) is -1.33. The Kier molecular flexibility index (Phi) is 6.87. The first-order chi connectivity index (χ1) is 13.8. The van der Waals surface area contributed by atoms with E-state index in [9.17, 15) is 17.4 Å². The average Bonchev–Trinajstić information content (AvgIpc) is 3.03. The van der Waals surface area contributed by atoms with Gasteiger partial charge in [0.15, 0.2) is 5.50 Å². The van der Waals surface area contributed by atoms with E-state index in [1.54, 1.807) is 18.2 Å². The van der Waals surface area contributed by atoms with E-state index in [1.807, 2.05) is 0 Å². The number of ether oxygens (including phenoxy) is 2. The van der Waals surface area contributed by atoms with E-state index in [1.165, 1.54) is 38.5 Å². The maximum atomic E-state index is 14.4. The number of rotatable bonds is 7. The predicted molar refractivity (Wildman–Crippen MR) is 106 cm³/mol. The average molecular weight is 466 g/mol. The van der Waals surface area contributed by atoms with Gasteiger partial charge in [0.25, 0.3) is 0 Å². The van der Waals surface area contributed by atoms with E-state index in [4.69, 9.17) is 21.1 Å². The maximum absolute atomic E-state index is 14.4. The molecule has 2 aromatic rings. The minimum absolute atomic E-state index is 0.1000. The molecule has 0 bridgehead atoms. The molecule has 0 amide bonds. The molecule has 0 spiro atoms. The van der Waals surface area contributed by atoms with Crippen molar-refractivity contribution in [1.82, 2.24) is 14.0 Å². The zero-order valence-electron chi connectivity index (χ0n) is 15.5. The molecule has 1 saturated heterocycles. The lowest BCUT2D eigenvalue weighted by atomic mass is 10.2. The lowest BCUT2D eigenvalue weighted by Gasteiger charge is -2.29.